The van der Waals surface area contributed by atoms with Crippen LogP contribution in [-0.4, -0.2) is 41.2 Å². The number of halogens is 1. The Bertz CT molecular complexity index is 1070. The average molecular weight is 439 g/mol. The number of hydrogen-bond donors (Lipinski definition) is 1. The van der Waals surface area contributed by atoms with Crippen LogP contribution < -0.4 is 4.80 Å². The molecule has 0 spiro atoms. The van der Waals surface area contributed by atoms with Crippen molar-refractivity contribution in [3.8, 4) is 16.3 Å². The molecule has 11 heteroatoms. The van der Waals surface area contributed by atoms with Crippen LogP contribution in [0.1, 0.15) is 5.56 Å². The summed E-state index contributed by atoms with van der Waals surface area (Å²) in [6, 6.07) is 6.39. The van der Waals surface area contributed by atoms with Gasteiger partial charge >= 0.3 is 5.69 Å². The Balaban J connectivity index is 2.07. The van der Waals surface area contributed by atoms with Crippen LogP contribution in [0.25, 0.3) is 10.6 Å². The molecule has 0 saturated heterocycles. The SMILES string of the molecule is COCCN=c1scc(-c2cccs2)n1/N=C/c1cc(Cl)cc([N+](=O)[O-])c1O. The van der Waals surface area contributed by atoms with E-state index < -0.39 is 16.4 Å². The van der Waals surface area contributed by atoms with Gasteiger partial charge in [0.05, 0.1) is 34.9 Å². The Morgan fingerprint density at radius 3 is 2.93 bits per heavy atom. The summed E-state index contributed by atoms with van der Waals surface area (Å²) < 4.78 is 6.65. The molecule has 3 rings (SSSR count). The summed E-state index contributed by atoms with van der Waals surface area (Å²) in [5.74, 6) is -0.496. The first-order valence-electron chi connectivity index (χ1n) is 7.96. The van der Waals surface area contributed by atoms with Crippen LogP contribution in [0.4, 0.5) is 5.69 Å². The second-order valence-electron chi connectivity index (χ2n) is 5.43. The minimum Gasteiger partial charge on any atom is -0.502 e. The smallest absolute Gasteiger partial charge is 0.312 e. The number of phenolic OH excluding ortho intramolecular Hbond substituents is 1. The van der Waals surface area contributed by atoms with Gasteiger partial charge in [-0.3, -0.25) is 15.1 Å². The highest BCUT2D eigenvalue weighted by atomic mass is 35.5. The zero-order valence-electron chi connectivity index (χ0n) is 14.6. The zero-order chi connectivity index (χ0) is 20.1. The largest absolute Gasteiger partial charge is 0.502 e. The Labute approximate surface area is 172 Å². The van der Waals surface area contributed by atoms with E-state index in [1.54, 1.807) is 23.1 Å². The maximum Gasteiger partial charge on any atom is 0.312 e. The molecular weight excluding hydrogens is 424 g/mol. The van der Waals surface area contributed by atoms with E-state index in [-0.39, 0.29) is 10.6 Å². The quantitative estimate of drug-likeness (QED) is 0.261. The van der Waals surface area contributed by atoms with E-state index in [9.17, 15) is 15.2 Å². The van der Waals surface area contributed by atoms with E-state index in [4.69, 9.17) is 16.3 Å². The van der Waals surface area contributed by atoms with Crippen LogP contribution in [0, 0.1) is 10.1 Å². The van der Waals surface area contributed by atoms with Crippen molar-refractivity contribution in [2.24, 2.45) is 10.1 Å². The van der Waals surface area contributed by atoms with Crippen molar-refractivity contribution in [2.45, 2.75) is 0 Å². The summed E-state index contributed by atoms with van der Waals surface area (Å²) in [6.45, 7) is 0.932. The second kappa shape index (κ2) is 9.11. The van der Waals surface area contributed by atoms with Gasteiger partial charge in [-0.15, -0.1) is 22.7 Å². The fourth-order valence-electron chi connectivity index (χ4n) is 2.31. The number of thiophene rings is 1. The highest BCUT2D eigenvalue weighted by molar-refractivity contribution is 7.14. The van der Waals surface area contributed by atoms with Crippen LogP contribution in [0.15, 0.2) is 45.1 Å². The molecule has 1 aromatic carbocycles. The molecule has 0 radical (unpaired) electrons. The van der Waals surface area contributed by atoms with Gasteiger partial charge in [0.25, 0.3) is 0 Å². The van der Waals surface area contributed by atoms with Gasteiger partial charge in [-0.25, -0.2) is 4.68 Å². The molecule has 0 aliphatic rings. The molecule has 1 N–H and O–H groups in total. The first-order valence-corrected chi connectivity index (χ1v) is 10.1. The van der Waals surface area contributed by atoms with Crippen molar-refractivity contribution in [3.63, 3.8) is 0 Å². The van der Waals surface area contributed by atoms with Gasteiger partial charge in [0.2, 0.25) is 10.6 Å². The Kier molecular flexibility index (Phi) is 6.57. The van der Waals surface area contributed by atoms with E-state index in [2.05, 4.69) is 10.1 Å². The van der Waals surface area contributed by atoms with Gasteiger partial charge in [0.15, 0.2) is 0 Å². The molecule has 0 atom stereocenters. The number of benzene rings is 1. The number of nitro groups is 1. The standard InChI is InChI=1S/C17H15ClN4O4S2/c1-26-5-4-19-17-21(14(10-28-17)15-3-2-6-27-15)20-9-11-7-12(18)8-13(16(11)23)22(24)25/h2-3,6-10,23H,4-5H2,1H3/b19-17?,20-9+. The summed E-state index contributed by atoms with van der Waals surface area (Å²) in [7, 11) is 1.60. The van der Waals surface area contributed by atoms with E-state index in [0.29, 0.717) is 18.0 Å². The van der Waals surface area contributed by atoms with Gasteiger partial charge < -0.3 is 9.84 Å². The maximum absolute atomic E-state index is 11.1. The van der Waals surface area contributed by atoms with Crippen molar-refractivity contribution < 1.29 is 14.8 Å². The van der Waals surface area contributed by atoms with Crippen molar-refractivity contribution in [1.29, 1.82) is 0 Å². The number of hydrogen-bond acceptors (Lipinski definition) is 8. The Hall–Kier alpha value is -2.53. The lowest BCUT2D eigenvalue weighted by Crippen LogP contribution is -2.13. The monoisotopic (exact) mass is 438 g/mol. The normalized spacial score (nSPS) is 12.1. The lowest BCUT2D eigenvalue weighted by atomic mass is 10.2. The van der Waals surface area contributed by atoms with E-state index in [1.807, 2.05) is 22.9 Å². The van der Waals surface area contributed by atoms with E-state index in [1.165, 1.54) is 23.6 Å². The van der Waals surface area contributed by atoms with E-state index >= 15 is 0 Å². The fourth-order valence-corrected chi connectivity index (χ4v) is 4.19. The molecule has 2 aromatic heterocycles. The lowest BCUT2D eigenvalue weighted by Gasteiger charge is -2.03. The molecule has 0 saturated carbocycles. The molecule has 0 fully saturated rings. The third-order valence-corrected chi connectivity index (χ3v) is 5.56. The van der Waals surface area contributed by atoms with Crippen LogP contribution in [0.3, 0.4) is 0 Å². The van der Waals surface area contributed by atoms with Crippen molar-refractivity contribution in [2.75, 3.05) is 20.3 Å². The molecule has 0 aliphatic heterocycles. The highest BCUT2D eigenvalue weighted by Gasteiger charge is 2.18. The topological polar surface area (TPSA) is 102 Å². The molecule has 0 aliphatic carbocycles. The summed E-state index contributed by atoms with van der Waals surface area (Å²) >= 11 is 8.91. The molecule has 8 nitrogen and oxygen atoms in total. The van der Waals surface area contributed by atoms with Gasteiger partial charge in [0.1, 0.15) is 0 Å². The molecule has 146 valence electrons. The third kappa shape index (κ3) is 4.47. The molecule has 3 aromatic rings. The van der Waals surface area contributed by atoms with Gasteiger partial charge in [-0.05, 0) is 17.5 Å². The Morgan fingerprint density at radius 2 is 2.25 bits per heavy atom. The molecule has 0 bridgehead atoms. The Morgan fingerprint density at radius 1 is 1.43 bits per heavy atom. The predicted molar refractivity (Wildman–Crippen MR) is 111 cm³/mol. The number of nitro benzene ring substituents is 1. The number of ether oxygens (including phenoxy) is 1. The van der Waals surface area contributed by atoms with Crippen LogP contribution in [0.5, 0.6) is 5.75 Å². The molecule has 28 heavy (non-hydrogen) atoms. The number of aromatic nitrogens is 1. The van der Waals surface area contributed by atoms with Crippen LogP contribution in [0.2, 0.25) is 5.02 Å². The summed E-state index contributed by atoms with van der Waals surface area (Å²) in [5, 5.41) is 29.7. The van der Waals surface area contributed by atoms with Gasteiger partial charge in [0, 0.05) is 29.1 Å². The number of nitrogens with zero attached hydrogens (tertiary/aromatic N) is 4. The summed E-state index contributed by atoms with van der Waals surface area (Å²) in [4.78, 5) is 16.5. The minimum absolute atomic E-state index is 0.129. The third-order valence-electron chi connectivity index (χ3n) is 3.59. The molecule has 0 unspecified atom stereocenters. The second-order valence-corrected chi connectivity index (χ2v) is 7.65. The maximum atomic E-state index is 11.1. The molecule has 2 heterocycles. The average Bonchev–Trinajstić information content (AvgIpc) is 3.31. The zero-order valence-corrected chi connectivity index (χ0v) is 17.0. The number of methoxy groups -OCH3 is 1. The van der Waals surface area contributed by atoms with Crippen molar-refractivity contribution >= 4 is 46.2 Å². The summed E-state index contributed by atoms with van der Waals surface area (Å²) in [5.41, 5.74) is 0.481. The molecule has 0 amide bonds. The first-order chi connectivity index (χ1) is 13.5. The van der Waals surface area contributed by atoms with Crippen LogP contribution >= 0.6 is 34.3 Å². The van der Waals surface area contributed by atoms with Gasteiger partial charge in [-0.1, -0.05) is 17.7 Å². The van der Waals surface area contributed by atoms with Crippen molar-refractivity contribution in [3.05, 3.63) is 60.5 Å². The number of rotatable bonds is 7. The number of phenols is 1. The lowest BCUT2D eigenvalue weighted by molar-refractivity contribution is -0.385. The van der Waals surface area contributed by atoms with Crippen LogP contribution in [-0.2, 0) is 4.74 Å². The fraction of sp³-hybridized carbons (Fsp3) is 0.176. The molecular formula is C17H15ClN4O4S2. The van der Waals surface area contributed by atoms with E-state index in [0.717, 1.165) is 16.6 Å². The predicted octanol–water partition coefficient (Wildman–Crippen LogP) is 3.97. The summed E-state index contributed by atoms with van der Waals surface area (Å²) in [6.07, 6.45) is 1.33. The highest BCUT2D eigenvalue weighted by Crippen LogP contribution is 2.32. The first kappa shape index (κ1) is 20.2. The van der Waals surface area contributed by atoms with Crippen molar-refractivity contribution in [1.82, 2.24) is 4.68 Å². The number of thiazole rings is 1. The minimum atomic E-state index is -0.696. The van der Waals surface area contributed by atoms with Gasteiger partial charge in [-0.2, -0.15) is 5.10 Å². The number of aromatic hydroxyl groups is 1.